The molecule has 0 aliphatic carbocycles. The van der Waals surface area contributed by atoms with E-state index in [0.29, 0.717) is 12.7 Å². The molecule has 0 saturated carbocycles. The van der Waals surface area contributed by atoms with Crippen molar-refractivity contribution in [1.29, 1.82) is 0 Å². The summed E-state index contributed by atoms with van der Waals surface area (Å²) in [6.07, 6.45) is 1.29. The largest absolute Gasteiger partial charge is 0.441 e. The molecule has 51 valence electrons. The molecule has 0 fully saturated rings. The third-order valence-corrected chi connectivity index (χ3v) is 1.18. The van der Waals surface area contributed by atoms with Crippen molar-refractivity contribution >= 4 is 0 Å². The smallest absolute Gasteiger partial charge is 0.320 e. The van der Waals surface area contributed by atoms with Crippen LogP contribution in [0.1, 0.15) is 0 Å². The van der Waals surface area contributed by atoms with Crippen LogP contribution in [-0.4, -0.2) is 16.4 Å². The second-order valence-corrected chi connectivity index (χ2v) is 1.77. The molecule has 1 aromatic rings. The number of aromatic nitrogens is 2. The van der Waals surface area contributed by atoms with Crippen LogP contribution in [0.3, 0.4) is 0 Å². The number of hydrogen-bond acceptors (Lipinski definition) is 4. The standard InChI is InChI=1S/C5H4N3O2/c9-4-1-2-6-5-8(4)7-3-10-5/h2,7H,3H2. The molecule has 0 spiro atoms. The van der Waals surface area contributed by atoms with E-state index in [1.807, 2.05) is 0 Å². The summed E-state index contributed by atoms with van der Waals surface area (Å²) in [6, 6.07) is 2.68. The van der Waals surface area contributed by atoms with Crippen LogP contribution in [-0.2, 0) is 0 Å². The molecule has 2 heterocycles. The predicted molar refractivity (Wildman–Crippen MR) is 32.2 cm³/mol. The third-order valence-electron chi connectivity index (χ3n) is 1.18. The van der Waals surface area contributed by atoms with Crippen LogP contribution in [0.15, 0.2) is 11.0 Å². The van der Waals surface area contributed by atoms with Crippen molar-refractivity contribution in [3.8, 4) is 6.01 Å². The number of ether oxygens (including phenoxy) is 1. The van der Waals surface area contributed by atoms with E-state index in [9.17, 15) is 4.79 Å². The molecule has 0 saturated heterocycles. The fourth-order valence-electron chi connectivity index (χ4n) is 0.754. The average molecular weight is 138 g/mol. The van der Waals surface area contributed by atoms with Crippen LogP contribution in [0, 0.1) is 6.07 Å². The second-order valence-electron chi connectivity index (χ2n) is 1.77. The summed E-state index contributed by atoms with van der Waals surface area (Å²) in [5.41, 5.74) is 2.38. The lowest BCUT2D eigenvalue weighted by Crippen LogP contribution is -2.23. The van der Waals surface area contributed by atoms with Gasteiger partial charge >= 0.3 is 6.01 Å². The van der Waals surface area contributed by atoms with Crippen molar-refractivity contribution in [1.82, 2.24) is 9.66 Å². The highest BCUT2D eigenvalue weighted by molar-refractivity contribution is 5.04. The van der Waals surface area contributed by atoms with Gasteiger partial charge < -0.3 is 4.74 Å². The van der Waals surface area contributed by atoms with Crippen molar-refractivity contribution in [2.45, 2.75) is 0 Å². The molecule has 1 aliphatic heterocycles. The summed E-state index contributed by atoms with van der Waals surface area (Å²) < 4.78 is 6.11. The van der Waals surface area contributed by atoms with Crippen LogP contribution in [0.25, 0.3) is 0 Å². The Morgan fingerprint density at radius 1 is 1.90 bits per heavy atom. The van der Waals surface area contributed by atoms with Crippen molar-refractivity contribution in [2.24, 2.45) is 0 Å². The van der Waals surface area contributed by atoms with Crippen LogP contribution >= 0.6 is 0 Å². The molecule has 2 rings (SSSR count). The molecule has 0 aromatic carbocycles. The Morgan fingerprint density at radius 2 is 2.80 bits per heavy atom. The monoisotopic (exact) mass is 138 g/mol. The molecular formula is C5H4N3O2. The van der Waals surface area contributed by atoms with Crippen LogP contribution < -0.4 is 15.7 Å². The highest BCUT2D eigenvalue weighted by Gasteiger charge is 2.11. The van der Waals surface area contributed by atoms with Gasteiger partial charge in [0.25, 0.3) is 5.56 Å². The maximum atomic E-state index is 10.8. The highest BCUT2D eigenvalue weighted by Crippen LogP contribution is 2.03. The SMILES string of the molecule is O=c1[c]cnc2n1NCO2. The van der Waals surface area contributed by atoms with E-state index in [-0.39, 0.29) is 5.56 Å². The molecular weight excluding hydrogens is 134 g/mol. The molecule has 5 heteroatoms. The fourth-order valence-corrected chi connectivity index (χ4v) is 0.754. The van der Waals surface area contributed by atoms with Gasteiger partial charge in [-0.05, 0) is 0 Å². The van der Waals surface area contributed by atoms with E-state index in [1.54, 1.807) is 0 Å². The Hall–Kier alpha value is -1.52. The van der Waals surface area contributed by atoms with E-state index in [2.05, 4.69) is 16.5 Å². The van der Waals surface area contributed by atoms with Crippen molar-refractivity contribution in [3.05, 3.63) is 22.6 Å². The summed E-state index contributed by atoms with van der Waals surface area (Å²) in [5, 5.41) is 0. The molecule has 1 aliphatic rings. The Kier molecular flexibility index (Phi) is 0.913. The summed E-state index contributed by atoms with van der Waals surface area (Å²) in [4.78, 5) is 14.6. The van der Waals surface area contributed by atoms with Crippen LogP contribution in [0.4, 0.5) is 0 Å². The third kappa shape index (κ3) is 0.570. The van der Waals surface area contributed by atoms with Gasteiger partial charge in [0.2, 0.25) is 0 Å². The zero-order valence-corrected chi connectivity index (χ0v) is 5.00. The van der Waals surface area contributed by atoms with Gasteiger partial charge in [0.1, 0.15) is 0 Å². The van der Waals surface area contributed by atoms with Crippen LogP contribution in [0.2, 0.25) is 0 Å². The van der Waals surface area contributed by atoms with Gasteiger partial charge in [-0.25, -0.2) is 4.98 Å². The minimum absolute atomic E-state index is 0.275. The number of nitrogens with one attached hydrogen (secondary N) is 1. The number of rotatable bonds is 0. The van der Waals surface area contributed by atoms with E-state index in [1.165, 1.54) is 10.9 Å². The maximum Gasteiger partial charge on any atom is 0.320 e. The van der Waals surface area contributed by atoms with E-state index in [4.69, 9.17) is 4.74 Å². The highest BCUT2D eigenvalue weighted by atomic mass is 16.5. The van der Waals surface area contributed by atoms with Crippen molar-refractivity contribution in [2.75, 3.05) is 12.2 Å². The fraction of sp³-hybridized carbons (Fsp3) is 0.200. The first-order valence-electron chi connectivity index (χ1n) is 2.74. The zero-order chi connectivity index (χ0) is 6.97. The Balaban J connectivity index is 2.70. The molecule has 0 unspecified atom stereocenters. The lowest BCUT2D eigenvalue weighted by atomic mass is 10.7. The number of hydrogen-bond donors (Lipinski definition) is 1. The Labute approximate surface area is 56.2 Å². The molecule has 10 heavy (non-hydrogen) atoms. The van der Waals surface area contributed by atoms with Gasteiger partial charge in [-0.3, -0.25) is 10.2 Å². The van der Waals surface area contributed by atoms with E-state index < -0.39 is 0 Å². The normalized spacial score (nSPS) is 13.6. The quantitative estimate of drug-likeness (QED) is 0.496. The van der Waals surface area contributed by atoms with Gasteiger partial charge in [-0.2, -0.15) is 4.68 Å². The molecule has 1 N–H and O–H groups in total. The van der Waals surface area contributed by atoms with Gasteiger partial charge in [-0.1, -0.05) is 0 Å². The zero-order valence-electron chi connectivity index (χ0n) is 5.00. The molecule has 0 bridgehead atoms. The minimum Gasteiger partial charge on any atom is -0.441 e. The molecule has 0 amide bonds. The predicted octanol–water partition coefficient (Wildman–Crippen LogP) is -1.06. The topological polar surface area (TPSA) is 56.2 Å². The number of fused-ring (bicyclic) bond motifs is 1. The summed E-state index contributed by atoms with van der Waals surface area (Å²) in [5.74, 6) is 0. The first-order chi connectivity index (χ1) is 4.88. The molecule has 1 aromatic heterocycles. The minimum atomic E-state index is -0.275. The summed E-state index contributed by atoms with van der Waals surface area (Å²) in [7, 11) is 0. The Morgan fingerprint density at radius 3 is 3.60 bits per heavy atom. The molecule has 0 atom stereocenters. The van der Waals surface area contributed by atoms with E-state index in [0.717, 1.165) is 0 Å². The summed E-state index contributed by atoms with van der Waals surface area (Å²) in [6.45, 7) is 0.292. The maximum absolute atomic E-state index is 10.8. The van der Waals surface area contributed by atoms with Gasteiger partial charge in [0, 0.05) is 6.20 Å². The first-order valence-corrected chi connectivity index (χ1v) is 2.74. The van der Waals surface area contributed by atoms with Crippen molar-refractivity contribution in [3.63, 3.8) is 0 Å². The van der Waals surface area contributed by atoms with E-state index >= 15 is 0 Å². The second kappa shape index (κ2) is 1.73. The lowest BCUT2D eigenvalue weighted by molar-refractivity contribution is 0.356. The lowest BCUT2D eigenvalue weighted by Gasteiger charge is -1.93. The average Bonchev–Trinajstić information content (AvgIpc) is 2.36. The van der Waals surface area contributed by atoms with Gasteiger partial charge in [-0.15, -0.1) is 0 Å². The van der Waals surface area contributed by atoms with Gasteiger partial charge in [0.05, 0.1) is 6.07 Å². The van der Waals surface area contributed by atoms with Crippen molar-refractivity contribution < 1.29 is 4.74 Å². The molecule has 1 radical (unpaired) electrons. The number of nitrogens with zero attached hydrogens (tertiary/aromatic N) is 2. The summed E-state index contributed by atoms with van der Waals surface area (Å²) >= 11 is 0. The Bertz CT molecular complexity index is 306. The van der Waals surface area contributed by atoms with Crippen LogP contribution in [0.5, 0.6) is 6.01 Å². The molecule has 5 nitrogen and oxygen atoms in total. The first kappa shape index (κ1) is 5.28. The van der Waals surface area contributed by atoms with Gasteiger partial charge in [0.15, 0.2) is 6.73 Å².